The number of nitrogens with one attached hydrogen (secondary N) is 1. The van der Waals surface area contributed by atoms with Crippen molar-refractivity contribution >= 4 is 0 Å². The summed E-state index contributed by atoms with van der Waals surface area (Å²) in [4.78, 5) is 2.51. The summed E-state index contributed by atoms with van der Waals surface area (Å²) in [6.07, 6.45) is 4.60. The molecule has 0 saturated carbocycles. The Balaban J connectivity index is 1.98. The first-order valence-electron chi connectivity index (χ1n) is 6.77. The Kier molecular flexibility index (Phi) is 3.57. The Morgan fingerprint density at radius 2 is 1.88 bits per heavy atom. The average Bonchev–Trinajstić information content (AvgIpc) is 2.30. The maximum Gasteiger partial charge on any atom is 0.122 e. The van der Waals surface area contributed by atoms with E-state index in [1.807, 2.05) is 0 Å². The number of hydrogen-bond donors (Lipinski definition) is 1. The van der Waals surface area contributed by atoms with Crippen LogP contribution in [-0.2, 0) is 4.74 Å². The molecule has 3 nitrogen and oxygen atoms in total. The van der Waals surface area contributed by atoms with Gasteiger partial charge in [-0.2, -0.15) is 0 Å². The molecule has 0 aliphatic carbocycles. The zero-order valence-electron chi connectivity index (χ0n) is 11.0. The zero-order chi connectivity index (χ0) is 11.6. The predicted octanol–water partition coefficient (Wildman–Crippen LogP) is 1.98. The van der Waals surface area contributed by atoms with Gasteiger partial charge < -0.3 is 9.64 Å². The van der Waals surface area contributed by atoms with Crippen LogP contribution in [0.4, 0.5) is 0 Å². The van der Waals surface area contributed by atoms with Gasteiger partial charge in [-0.25, -0.2) is 0 Å². The summed E-state index contributed by atoms with van der Waals surface area (Å²) >= 11 is 0. The van der Waals surface area contributed by atoms with E-state index in [-0.39, 0.29) is 11.3 Å². The average molecular weight is 226 g/mol. The van der Waals surface area contributed by atoms with Gasteiger partial charge in [0.1, 0.15) is 5.72 Å². The van der Waals surface area contributed by atoms with Gasteiger partial charge in [0.2, 0.25) is 0 Å². The molecule has 2 rings (SSSR count). The Morgan fingerprint density at radius 1 is 1.19 bits per heavy atom. The van der Waals surface area contributed by atoms with Crippen molar-refractivity contribution in [2.45, 2.75) is 57.7 Å². The van der Waals surface area contributed by atoms with Crippen LogP contribution < -0.4 is 5.32 Å². The van der Waals surface area contributed by atoms with Gasteiger partial charge in [0.25, 0.3) is 0 Å². The van der Waals surface area contributed by atoms with Gasteiger partial charge in [-0.15, -0.1) is 0 Å². The molecular weight excluding hydrogens is 200 g/mol. The number of ether oxygens (including phenoxy) is 1. The smallest absolute Gasteiger partial charge is 0.122 e. The second-order valence-electron chi connectivity index (χ2n) is 5.57. The number of piperidine rings is 1. The van der Waals surface area contributed by atoms with Crippen molar-refractivity contribution in [3.63, 3.8) is 0 Å². The number of rotatable bonds is 2. The van der Waals surface area contributed by atoms with Crippen molar-refractivity contribution < 1.29 is 4.74 Å². The normalized spacial score (nSPS) is 35.4. The van der Waals surface area contributed by atoms with Crippen molar-refractivity contribution in [2.24, 2.45) is 0 Å². The van der Waals surface area contributed by atoms with E-state index in [0.29, 0.717) is 0 Å². The van der Waals surface area contributed by atoms with E-state index in [1.54, 1.807) is 0 Å². The molecule has 1 atom stereocenters. The number of hydrogen-bond acceptors (Lipinski definition) is 3. The van der Waals surface area contributed by atoms with E-state index in [9.17, 15) is 0 Å². The highest BCUT2D eigenvalue weighted by Gasteiger charge is 2.43. The fourth-order valence-corrected chi connectivity index (χ4v) is 2.89. The molecule has 1 N–H and O–H groups in total. The molecule has 2 aliphatic heterocycles. The van der Waals surface area contributed by atoms with Crippen LogP contribution in [0.2, 0.25) is 0 Å². The maximum atomic E-state index is 6.06. The fourth-order valence-electron chi connectivity index (χ4n) is 2.89. The van der Waals surface area contributed by atoms with E-state index in [1.165, 1.54) is 26.1 Å². The van der Waals surface area contributed by atoms with E-state index < -0.39 is 0 Å². The maximum absolute atomic E-state index is 6.06. The molecule has 0 bridgehead atoms. The minimum absolute atomic E-state index is 0.0192. The predicted molar refractivity (Wildman–Crippen MR) is 66.5 cm³/mol. The third-order valence-electron chi connectivity index (χ3n) is 4.45. The summed E-state index contributed by atoms with van der Waals surface area (Å²) in [5, 5.41) is 3.79. The SMILES string of the molecule is CCN1CCC2(CC1)NC(C)(CC)CCO2. The molecule has 3 heteroatoms. The lowest BCUT2D eigenvalue weighted by atomic mass is 9.87. The molecule has 1 spiro atoms. The van der Waals surface area contributed by atoms with E-state index in [4.69, 9.17) is 4.74 Å². The molecule has 0 amide bonds. The monoisotopic (exact) mass is 226 g/mol. The van der Waals surface area contributed by atoms with Crippen molar-refractivity contribution in [1.29, 1.82) is 0 Å². The van der Waals surface area contributed by atoms with Gasteiger partial charge >= 0.3 is 0 Å². The van der Waals surface area contributed by atoms with Gasteiger partial charge in [-0.05, 0) is 26.3 Å². The Bertz CT molecular complexity index is 236. The number of nitrogens with zero attached hydrogens (tertiary/aromatic N) is 1. The summed E-state index contributed by atoms with van der Waals surface area (Å²) in [6, 6.07) is 0. The fraction of sp³-hybridized carbons (Fsp3) is 1.00. The first kappa shape index (κ1) is 12.3. The van der Waals surface area contributed by atoms with Crippen LogP contribution in [-0.4, -0.2) is 42.4 Å². The summed E-state index contributed by atoms with van der Waals surface area (Å²) in [5.41, 5.74) is 0.265. The summed E-state index contributed by atoms with van der Waals surface area (Å²) in [7, 11) is 0. The largest absolute Gasteiger partial charge is 0.360 e. The van der Waals surface area contributed by atoms with E-state index >= 15 is 0 Å². The molecule has 0 aromatic carbocycles. The summed E-state index contributed by atoms with van der Waals surface area (Å²) < 4.78 is 6.06. The van der Waals surface area contributed by atoms with Crippen molar-refractivity contribution in [3.8, 4) is 0 Å². The van der Waals surface area contributed by atoms with Crippen molar-refractivity contribution in [2.75, 3.05) is 26.2 Å². The molecular formula is C13H26N2O. The van der Waals surface area contributed by atoms with Crippen LogP contribution in [0.15, 0.2) is 0 Å². The van der Waals surface area contributed by atoms with Gasteiger partial charge in [0.05, 0.1) is 6.61 Å². The van der Waals surface area contributed by atoms with Crippen LogP contribution in [0.25, 0.3) is 0 Å². The molecule has 1 unspecified atom stereocenters. The zero-order valence-corrected chi connectivity index (χ0v) is 11.0. The number of likely N-dealkylation sites (tertiary alicyclic amines) is 1. The third kappa shape index (κ3) is 2.41. The van der Waals surface area contributed by atoms with Crippen LogP contribution in [0.1, 0.15) is 46.5 Å². The van der Waals surface area contributed by atoms with Crippen molar-refractivity contribution in [3.05, 3.63) is 0 Å². The Hall–Kier alpha value is -0.120. The lowest BCUT2D eigenvalue weighted by Crippen LogP contribution is -2.65. The first-order chi connectivity index (χ1) is 7.61. The van der Waals surface area contributed by atoms with Gasteiger partial charge in [0, 0.05) is 31.5 Å². The van der Waals surface area contributed by atoms with E-state index in [2.05, 4.69) is 31.0 Å². The summed E-state index contributed by atoms with van der Waals surface area (Å²) in [6.45, 7) is 11.3. The van der Waals surface area contributed by atoms with Gasteiger partial charge in [-0.3, -0.25) is 5.32 Å². The summed E-state index contributed by atoms with van der Waals surface area (Å²) in [5.74, 6) is 0. The highest BCUT2D eigenvalue weighted by atomic mass is 16.5. The highest BCUT2D eigenvalue weighted by Crippen LogP contribution is 2.32. The second kappa shape index (κ2) is 4.63. The Labute approximate surface area is 99.5 Å². The molecule has 2 heterocycles. The molecule has 2 fully saturated rings. The Morgan fingerprint density at radius 3 is 2.44 bits per heavy atom. The van der Waals surface area contributed by atoms with Gasteiger partial charge in [-0.1, -0.05) is 13.8 Å². The standard InChI is InChI=1S/C13H26N2O/c1-4-12(3)8-11-16-13(14-12)6-9-15(5-2)10-7-13/h14H,4-11H2,1-3H3. The van der Waals surface area contributed by atoms with E-state index in [0.717, 1.165) is 25.9 Å². The van der Waals surface area contributed by atoms with Crippen molar-refractivity contribution in [1.82, 2.24) is 10.2 Å². The topological polar surface area (TPSA) is 24.5 Å². The molecule has 0 radical (unpaired) electrons. The van der Waals surface area contributed by atoms with Gasteiger partial charge in [0.15, 0.2) is 0 Å². The lowest BCUT2D eigenvalue weighted by molar-refractivity contribution is -0.156. The quantitative estimate of drug-likeness (QED) is 0.779. The molecule has 0 aromatic heterocycles. The lowest BCUT2D eigenvalue weighted by Gasteiger charge is -2.51. The van der Waals surface area contributed by atoms with Crippen LogP contribution in [0, 0.1) is 0 Å². The molecule has 0 aromatic rings. The highest BCUT2D eigenvalue weighted by molar-refractivity contribution is 4.96. The molecule has 2 saturated heterocycles. The van der Waals surface area contributed by atoms with Crippen LogP contribution in [0.3, 0.4) is 0 Å². The second-order valence-corrected chi connectivity index (χ2v) is 5.57. The minimum Gasteiger partial charge on any atom is -0.360 e. The van der Waals surface area contributed by atoms with Crippen LogP contribution in [0.5, 0.6) is 0 Å². The third-order valence-corrected chi connectivity index (χ3v) is 4.45. The molecule has 2 aliphatic rings. The first-order valence-corrected chi connectivity index (χ1v) is 6.77. The van der Waals surface area contributed by atoms with Crippen LogP contribution >= 0.6 is 0 Å². The minimum atomic E-state index is -0.0192. The molecule has 16 heavy (non-hydrogen) atoms. The molecule has 94 valence electrons.